The van der Waals surface area contributed by atoms with Gasteiger partial charge in [-0.05, 0) is 47.1 Å². The van der Waals surface area contributed by atoms with E-state index >= 15 is 0 Å². The summed E-state index contributed by atoms with van der Waals surface area (Å²) in [4.78, 5) is 16.5. The molecule has 0 unspecified atom stereocenters. The van der Waals surface area contributed by atoms with E-state index in [1.54, 1.807) is 0 Å². The summed E-state index contributed by atoms with van der Waals surface area (Å²) in [5.41, 5.74) is 2.27. The Morgan fingerprint density at radius 2 is 2.00 bits per heavy atom. The molecule has 21 heavy (non-hydrogen) atoms. The number of aryl methyl sites for hydroxylation is 1. The van der Waals surface area contributed by atoms with Crippen molar-refractivity contribution in [2.75, 3.05) is 44.6 Å². The molecule has 1 aromatic rings. The largest absolute Gasteiger partial charge is 0.384 e. The van der Waals surface area contributed by atoms with Crippen LogP contribution in [0.5, 0.6) is 0 Å². The molecule has 1 aliphatic rings. The van der Waals surface area contributed by atoms with E-state index in [4.69, 9.17) is 0 Å². The molecule has 0 aromatic heterocycles. The normalized spacial score (nSPS) is 16.0. The highest BCUT2D eigenvalue weighted by atomic mass is 79.9. The highest BCUT2D eigenvalue weighted by molar-refractivity contribution is 9.10. The Morgan fingerprint density at radius 3 is 2.62 bits per heavy atom. The van der Waals surface area contributed by atoms with Gasteiger partial charge < -0.3 is 15.1 Å². The van der Waals surface area contributed by atoms with Crippen molar-refractivity contribution in [2.24, 2.45) is 0 Å². The number of hydrogen-bond acceptors (Lipinski definition) is 3. The first-order chi connectivity index (χ1) is 10.1. The Balaban J connectivity index is 1.74. The lowest BCUT2D eigenvalue weighted by Gasteiger charge is -2.34. The lowest BCUT2D eigenvalue weighted by atomic mass is 10.2. The van der Waals surface area contributed by atoms with E-state index in [9.17, 15) is 4.79 Å². The first-order valence-corrected chi connectivity index (χ1v) is 8.39. The molecule has 1 N–H and O–H groups in total. The van der Waals surface area contributed by atoms with Gasteiger partial charge in [0.05, 0.1) is 0 Å². The van der Waals surface area contributed by atoms with Crippen LogP contribution >= 0.6 is 15.9 Å². The van der Waals surface area contributed by atoms with Crippen LogP contribution in [-0.4, -0.2) is 55.0 Å². The van der Waals surface area contributed by atoms with Crippen molar-refractivity contribution >= 4 is 27.5 Å². The van der Waals surface area contributed by atoms with Gasteiger partial charge in [0.2, 0.25) is 5.91 Å². The molecule has 5 heteroatoms. The van der Waals surface area contributed by atoms with Gasteiger partial charge in [0.15, 0.2) is 0 Å². The smallest absolute Gasteiger partial charge is 0.224 e. The minimum absolute atomic E-state index is 0.251. The maximum atomic E-state index is 12.2. The Bertz CT molecular complexity index is 484. The second-order valence-corrected chi connectivity index (χ2v) is 6.33. The summed E-state index contributed by atoms with van der Waals surface area (Å²) in [5.74, 6) is 0.251. The van der Waals surface area contributed by atoms with Crippen LogP contribution in [0.15, 0.2) is 22.7 Å². The van der Waals surface area contributed by atoms with Crippen LogP contribution in [0.1, 0.15) is 18.9 Å². The van der Waals surface area contributed by atoms with Crippen molar-refractivity contribution in [3.05, 3.63) is 28.2 Å². The molecular formula is C16H24BrN3O. The van der Waals surface area contributed by atoms with Crippen LogP contribution in [0.25, 0.3) is 0 Å². The van der Waals surface area contributed by atoms with Gasteiger partial charge in [-0.3, -0.25) is 4.79 Å². The lowest BCUT2D eigenvalue weighted by molar-refractivity contribution is -0.132. The highest BCUT2D eigenvalue weighted by Crippen LogP contribution is 2.23. The van der Waals surface area contributed by atoms with Crippen LogP contribution < -0.4 is 5.32 Å². The van der Waals surface area contributed by atoms with Gasteiger partial charge in [0.1, 0.15) is 0 Å². The van der Waals surface area contributed by atoms with Gasteiger partial charge in [-0.2, -0.15) is 0 Å². The number of rotatable bonds is 5. The molecule has 116 valence electrons. The van der Waals surface area contributed by atoms with Gasteiger partial charge >= 0.3 is 0 Å². The van der Waals surface area contributed by atoms with E-state index in [1.165, 1.54) is 5.56 Å². The lowest BCUT2D eigenvalue weighted by Crippen LogP contribution is -2.48. The van der Waals surface area contributed by atoms with Crippen LogP contribution in [0.4, 0.5) is 5.69 Å². The first-order valence-electron chi connectivity index (χ1n) is 7.60. The minimum Gasteiger partial charge on any atom is -0.384 e. The molecular weight excluding hydrogens is 330 g/mol. The van der Waals surface area contributed by atoms with Crippen LogP contribution in [0.2, 0.25) is 0 Å². The predicted molar refractivity (Wildman–Crippen MR) is 90.7 cm³/mol. The summed E-state index contributed by atoms with van der Waals surface area (Å²) in [5, 5.41) is 3.33. The molecule has 1 aromatic carbocycles. The fraction of sp³-hybridized carbons (Fsp3) is 0.562. The summed E-state index contributed by atoms with van der Waals surface area (Å²) in [7, 11) is 0. The molecule has 0 bridgehead atoms. The summed E-state index contributed by atoms with van der Waals surface area (Å²) in [6.07, 6.45) is 0.548. The van der Waals surface area contributed by atoms with Gasteiger partial charge in [-0.1, -0.05) is 13.0 Å². The number of carbonyl (C=O) groups is 1. The van der Waals surface area contributed by atoms with Crippen molar-refractivity contribution in [3.8, 4) is 0 Å². The zero-order valence-corrected chi connectivity index (χ0v) is 14.4. The number of piperazine rings is 1. The summed E-state index contributed by atoms with van der Waals surface area (Å²) in [6.45, 7) is 9.70. The second kappa shape index (κ2) is 7.80. The molecule has 1 fully saturated rings. The average molecular weight is 354 g/mol. The molecule has 2 rings (SSSR count). The van der Waals surface area contributed by atoms with Crippen LogP contribution in [0.3, 0.4) is 0 Å². The standard InChI is InChI=1S/C16H24BrN3O/c1-3-19-8-10-20(11-9-19)16(21)6-7-18-15-5-4-13(2)12-14(15)17/h4-5,12,18H,3,6-11H2,1-2H3. The van der Waals surface area contributed by atoms with Crippen molar-refractivity contribution < 1.29 is 4.79 Å². The van der Waals surface area contributed by atoms with Gasteiger partial charge in [0.25, 0.3) is 0 Å². The summed E-state index contributed by atoms with van der Waals surface area (Å²) < 4.78 is 1.05. The number of benzene rings is 1. The van der Waals surface area contributed by atoms with Gasteiger partial charge in [-0.15, -0.1) is 0 Å². The Hall–Kier alpha value is -1.07. The maximum Gasteiger partial charge on any atom is 0.224 e. The van der Waals surface area contributed by atoms with Crippen molar-refractivity contribution in [1.29, 1.82) is 0 Å². The van der Waals surface area contributed by atoms with E-state index in [-0.39, 0.29) is 5.91 Å². The number of amides is 1. The molecule has 1 heterocycles. The highest BCUT2D eigenvalue weighted by Gasteiger charge is 2.19. The third kappa shape index (κ3) is 4.71. The molecule has 1 amide bonds. The Morgan fingerprint density at radius 1 is 1.29 bits per heavy atom. The third-order valence-corrected chi connectivity index (χ3v) is 4.61. The fourth-order valence-electron chi connectivity index (χ4n) is 2.54. The number of halogens is 1. The minimum atomic E-state index is 0.251. The number of nitrogens with zero attached hydrogens (tertiary/aromatic N) is 2. The van der Waals surface area contributed by atoms with E-state index in [2.05, 4.69) is 52.1 Å². The number of nitrogens with one attached hydrogen (secondary N) is 1. The third-order valence-electron chi connectivity index (χ3n) is 3.95. The quantitative estimate of drug-likeness (QED) is 0.883. The zero-order chi connectivity index (χ0) is 15.2. The average Bonchev–Trinajstić information content (AvgIpc) is 2.49. The molecule has 0 aliphatic carbocycles. The predicted octanol–water partition coefficient (Wildman–Crippen LogP) is 2.72. The zero-order valence-electron chi connectivity index (χ0n) is 12.9. The number of likely N-dealkylation sites (N-methyl/N-ethyl adjacent to an activating group) is 1. The number of carbonyl (C=O) groups excluding carboxylic acids is 1. The molecule has 4 nitrogen and oxygen atoms in total. The molecule has 0 spiro atoms. The van der Waals surface area contributed by atoms with Gasteiger partial charge in [0, 0.05) is 49.3 Å². The fourth-order valence-corrected chi connectivity index (χ4v) is 3.17. The maximum absolute atomic E-state index is 12.2. The molecule has 1 saturated heterocycles. The van der Waals surface area contributed by atoms with E-state index in [1.807, 2.05) is 11.0 Å². The Kier molecular flexibility index (Phi) is 6.06. The monoisotopic (exact) mass is 353 g/mol. The molecule has 0 atom stereocenters. The number of hydrogen-bond donors (Lipinski definition) is 1. The SMILES string of the molecule is CCN1CCN(C(=O)CCNc2ccc(C)cc2Br)CC1. The van der Waals surface area contributed by atoms with Crippen molar-refractivity contribution in [2.45, 2.75) is 20.3 Å². The van der Waals surface area contributed by atoms with Crippen LogP contribution in [0, 0.1) is 6.92 Å². The van der Waals surface area contributed by atoms with Gasteiger partial charge in [-0.25, -0.2) is 0 Å². The van der Waals surface area contributed by atoms with Crippen molar-refractivity contribution in [1.82, 2.24) is 9.80 Å². The first kappa shape index (κ1) is 16.3. The molecule has 0 saturated carbocycles. The molecule has 0 radical (unpaired) electrons. The van der Waals surface area contributed by atoms with Crippen molar-refractivity contribution in [3.63, 3.8) is 0 Å². The topological polar surface area (TPSA) is 35.6 Å². The summed E-state index contributed by atoms with van der Waals surface area (Å²) in [6, 6.07) is 6.19. The number of anilines is 1. The van der Waals surface area contributed by atoms with E-state index in [0.29, 0.717) is 13.0 Å². The van der Waals surface area contributed by atoms with E-state index in [0.717, 1.165) is 42.9 Å². The Labute approximate surface area is 135 Å². The summed E-state index contributed by atoms with van der Waals surface area (Å²) >= 11 is 3.54. The second-order valence-electron chi connectivity index (χ2n) is 5.48. The van der Waals surface area contributed by atoms with E-state index < -0.39 is 0 Å². The molecule has 1 aliphatic heterocycles. The van der Waals surface area contributed by atoms with Crippen LogP contribution in [-0.2, 0) is 4.79 Å².